The number of carbonyl (C=O) groups is 2. The molecule has 3 aromatic carbocycles. The summed E-state index contributed by atoms with van der Waals surface area (Å²) in [5.41, 5.74) is 4.70. The highest BCUT2D eigenvalue weighted by atomic mass is 35.5. The minimum atomic E-state index is -0.829. The highest BCUT2D eigenvalue weighted by molar-refractivity contribution is 6.31. The fraction of sp³-hybridized carbons (Fsp3) is 0.333. The Labute approximate surface area is 295 Å². The fourth-order valence-electron chi connectivity index (χ4n) is 5.97. The first-order valence-electron chi connectivity index (χ1n) is 16.7. The van der Waals surface area contributed by atoms with Crippen molar-refractivity contribution in [2.75, 3.05) is 6.61 Å². The second kappa shape index (κ2) is 15.0. The predicted molar refractivity (Wildman–Crippen MR) is 188 cm³/mol. The molecule has 0 saturated carbocycles. The maximum Gasteiger partial charge on any atom is 0.356 e. The Morgan fingerprint density at radius 2 is 1.84 bits per heavy atom. The Morgan fingerprint density at radius 3 is 2.60 bits per heavy atom. The molecule has 11 heteroatoms. The number of nitrogens with zero attached hydrogens (tertiary/aromatic N) is 2. The quantitative estimate of drug-likeness (QED) is 0.136. The zero-order chi connectivity index (χ0) is 35.4. The average molecular weight is 700 g/mol. The number of ether oxygens (including phenoxy) is 3. The Kier molecular flexibility index (Phi) is 10.5. The summed E-state index contributed by atoms with van der Waals surface area (Å²) in [5.74, 6) is -0.454. The third-order valence-electron chi connectivity index (χ3n) is 8.26. The fourth-order valence-corrected chi connectivity index (χ4v) is 6.14. The molecule has 2 heterocycles. The van der Waals surface area contributed by atoms with Gasteiger partial charge in [0.2, 0.25) is 5.89 Å². The van der Waals surface area contributed by atoms with Gasteiger partial charge in [-0.15, -0.1) is 0 Å². The molecule has 1 aliphatic rings. The van der Waals surface area contributed by atoms with Gasteiger partial charge in [-0.1, -0.05) is 29.8 Å². The highest BCUT2D eigenvalue weighted by Crippen LogP contribution is 2.32. The van der Waals surface area contributed by atoms with Crippen molar-refractivity contribution in [1.82, 2.24) is 15.3 Å². The average Bonchev–Trinajstić information content (AvgIpc) is 3.50. The summed E-state index contributed by atoms with van der Waals surface area (Å²) in [6.45, 7) is 7.63. The normalized spacial score (nSPS) is 15.0. The third kappa shape index (κ3) is 8.49. The van der Waals surface area contributed by atoms with E-state index in [0.717, 1.165) is 35.2 Å². The summed E-state index contributed by atoms with van der Waals surface area (Å²) < 4.78 is 37.7. The van der Waals surface area contributed by atoms with Crippen molar-refractivity contribution in [1.29, 1.82) is 0 Å². The molecule has 2 aromatic heterocycles. The number of oxazole rings is 1. The summed E-state index contributed by atoms with van der Waals surface area (Å²) >= 11 is 6.09. The molecule has 260 valence electrons. The molecule has 1 aliphatic carbocycles. The van der Waals surface area contributed by atoms with Crippen LogP contribution in [0, 0.1) is 5.82 Å². The molecule has 0 aliphatic heterocycles. The first-order chi connectivity index (χ1) is 24.0. The number of benzene rings is 3. The van der Waals surface area contributed by atoms with Gasteiger partial charge in [-0.2, -0.15) is 0 Å². The standard InChI is InChI=1S/C39H39ClFN3O6/c1-5-47-37(45)31-16-15-28-29(42-31)7-6-8-30(28)43-33(38(46)50-39(2,3)4)20-25-19-27(41)14-18-34(25)48-22-23-9-11-24(12-10-23)36-44-32-21-26(40)13-17-35(32)49-36/h9-19,21,30,33,43H,5-8,20,22H2,1-4H3. The smallest absolute Gasteiger partial charge is 0.356 e. The lowest BCUT2D eigenvalue weighted by Gasteiger charge is -2.31. The lowest BCUT2D eigenvalue weighted by atomic mass is 9.89. The molecule has 2 unspecified atom stereocenters. The van der Waals surface area contributed by atoms with Crippen LogP contribution in [0.25, 0.3) is 22.6 Å². The number of hydrogen-bond donors (Lipinski definition) is 1. The molecule has 0 spiro atoms. The molecule has 0 saturated heterocycles. The molecule has 6 rings (SSSR count). The van der Waals surface area contributed by atoms with Crippen molar-refractivity contribution < 1.29 is 32.6 Å². The lowest BCUT2D eigenvalue weighted by Crippen LogP contribution is -2.45. The number of carbonyl (C=O) groups excluding carboxylic acids is 2. The van der Waals surface area contributed by atoms with E-state index in [1.54, 1.807) is 58.0 Å². The van der Waals surface area contributed by atoms with E-state index in [-0.39, 0.29) is 31.4 Å². The summed E-state index contributed by atoms with van der Waals surface area (Å²) in [6.07, 6.45) is 2.36. The van der Waals surface area contributed by atoms with Crippen molar-refractivity contribution in [2.45, 2.75) is 77.7 Å². The largest absolute Gasteiger partial charge is 0.489 e. The molecule has 9 nitrogen and oxygen atoms in total. The molecule has 1 N–H and O–H groups in total. The number of nitrogens with one attached hydrogen (secondary N) is 1. The van der Waals surface area contributed by atoms with E-state index in [4.69, 9.17) is 30.2 Å². The number of halogens is 2. The minimum absolute atomic E-state index is 0.114. The number of fused-ring (bicyclic) bond motifs is 2. The van der Waals surface area contributed by atoms with Crippen LogP contribution in [0.5, 0.6) is 5.75 Å². The van der Waals surface area contributed by atoms with Gasteiger partial charge in [0.05, 0.1) is 6.61 Å². The van der Waals surface area contributed by atoms with E-state index in [1.807, 2.05) is 30.3 Å². The van der Waals surface area contributed by atoms with Crippen molar-refractivity contribution >= 4 is 34.6 Å². The first kappa shape index (κ1) is 35.0. The summed E-state index contributed by atoms with van der Waals surface area (Å²) in [6, 6.07) is 19.6. The van der Waals surface area contributed by atoms with Gasteiger partial charge in [-0.05, 0) is 118 Å². The van der Waals surface area contributed by atoms with E-state index in [0.29, 0.717) is 39.7 Å². The SMILES string of the molecule is CCOC(=O)c1ccc2c(n1)CCCC2NC(Cc1cc(F)ccc1OCc1ccc(-c2nc3cc(Cl)ccc3o2)cc1)C(=O)OC(C)(C)C. The van der Waals surface area contributed by atoms with Crippen molar-refractivity contribution in [2.24, 2.45) is 0 Å². The van der Waals surface area contributed by atoms with Crippen molar-refractivity contribution in [3.8, 4) is 17.2 Å². The zero-order valence-electron chi connectivity index (χ0n) is 28.4. The predicted octanol–water partition coefficient (Wildman–Crippen LogP) is 8.36. The van der Waals surface area contributed by atoms with Crippen molar-refractivity contribution in [3.05, 3.63) is 112 Å². The van der Waals surface area contributed by atoms with Gasteiger partial charge in [0.15, 0.2) is 5.58 Å². The first-order valence-corrected chi connectivity index (χ1v) is 17.1. The maximum atomic E-state index is 14.7. The van der Waals surface area contributed by atoms with Crippen LogP contribution in [0.3, 0.4) is 0 Å². The number of pyridine rings is 1. The van der Waals surface area contributed by atoms with Gasteiger partial charge in [0.25, 0.3) is 0 Å². The van der Waals surface area contributed by atoms with Gasteiger partial charge in [-0.25, -0.2) is 19.2 Å². The molecule has 0 bridgehead atoms. The topological polar surface area (TPSA) is 113 Å². The molecular weight excluding hydrogens is 661 g/mol. The van der Waals surface area contributed by atoms with Gasteiger partial charge in [0.1, 0.15) is 41.0 Å². The second-order valence-corrected chi connectivity index (χ2v) is 13.7. The van der Waals surface area contributed by atoms with Crippen LogP contribution in [0.2, 0.25) is 5.02 Å². The van der Waals surface area contributed by atoms with Crippen LogP contribution < -0.4 is 10.1 Å². The summed E-state index contributed by atoms with van der Waals surface area (Å²) in [4.78, 5) is 35.1. The molecule has 0 amide bonds. The van der Waals surface area contributed by atoms with Gasteiger partial charge < -0.3 is 18.6 Å². The van der Waals surface area contributed by atoms with E-state index in [2.05, 4.69) is 15.3 Å². The van der Waals surface area contributed by atoms with Crippen LogP contribution in [0.1, 0.15) is 79.5 Å². The van der Waals surface area contributed by atoms with Crippen LogP contribution in [0.4, 0.5) is 4.39 Å². The number of aromatic nitrogens is 2. The van der Waals surface area contributed by atoms with Gasteiger partial charge >= 0.3 is 11.9 Å². The van der Waals surface area contributed by atoms with Crippen LogP contribution in [-0.2, 0) is 33.7 Å². The van der Waals surface area contributed by atoms with E-state index in [1.165, 1.54) is 12.1 Å². The molecule has 0 fully saturated rings. The molecule has 0 radical (unpaired) electrons. The zero-order valence-corrected chi connectivity index (χ0v) is 29.2. The Hall–Kier alpha value is -4.80. The number of aryl methyl sites for hydroxylation is 1. The summed E-state index contributed by atoms with van der Waals surface area (Å²) in [5, 5.41) is 4.06. The van der Waals surface area contributed by atoms with Gasteiger partial charge in [-0.3, -0.25) is 10.1 Å². The van der Waals surface area contributed by atoms with E-state index < -0.39 is 29.4 Å². The Morgan fingerprint density at radius 1 is 1.04 bits per heavy atom. The van der Waals surface area contributed by atoms with Crippen LogP contribution in [0.15, 0.2) is 77.2 Å². The number of hydrogen-bond acceptors (Lipinski definition) is 9. The molecule has 5 aromatic rings. The highest BCUT2D eigenvalue weighted by Gasteiger charge is 2.32. The van der Waals surface area contributed by atoms with Gasteiger partial charge in [0, 0.05) is 28.7 Å². The van der Waals surface area contributed by atoms with E-state index in [9.17, 15) is 14.0 Å². The maximum absolute atomic E-state index is 14.7. The second-order valence-electron chi connectivity index (χ2n) is 13.2. The van der Waals surface area contributed by atoms with Crippen LogP contribution in [-0.4, -0.2) is 40.2 Å². The molecule has 50 heavy (non-hydrogen) atoms. The number of esters is 2. The van der Waals surface area contributed by atoms with E-state index >= 15 is 0 Å². The Balaban J connectivity index is 1.20. The van der Waals surface area contributed by atoms with Crippen molar-refractivity contribution in [3.63, 3.8) is 0 Å². The summed E-state index contributed by atoms with van der Waals surface area (Å²) in [7, 11) is 0. The lowest BCUT2D eigenvalue weighted by molar-refractivity contribution is -0.157. The third-order valence-corrected chi connectivity index (χ3v) is 8.50. The molecular formula is C39H39ClFN3O6. The van der Waals surface area contributed by atoms with Crippen LogP contribution >= 0.6 is 11.6 Å². The minimum Gasteiger partial charge on any atom is -0.489 e. The molecule has 2 atom stereocenters. The number of rotatable bonds is 11. The monoisotopic (exact) mass is 699 g/mol. The Bertz CT molecular complexity index is 2010.